The molecule has 5 heterocycles. The number of carboxylic acids is 1. The van der Waals surface area contributed by atoms with Crippen LogP contribution in [-0.4, -0.2) is 104 Å². The number of nitrogens with two attached hydrogens (primary N) is 1. The Bertz CT molecular complexity index is 1560. The molecule has 2 atom stereocenters. The van der Waals surface area contributed by atoms with E-state index in [1.54, 1.807) is 12.1 Å². The van der Waals surface area contributed by atoms with Gasteiger partial charge in [0.15, 0.2) is 10.8 Å². The molecule has 1 fully saturated rings. The Balaban J connectivity index is 1.30. The average Bonchev–Trinajstić information content (AvgIpc) is 3.55. The number of rotatable bonds is 9. The molecule has 16 nitrogen and oxygen atoms in total. The number of amides is 2. The third-order valence-corrected chi connectivity index (χ3v) is 8.12. The lowest BCUT2D eigenvalue weighted by atomic mass is 10.0. The number of alkyl halides is 3. The maximum Gasteiger partial charge on any atom is 0.425 e. The predicted molar refractivity (Wildman–Crippen MR) is 132 cm³/mol. The quantitative estimate of drug-likeness (QED) is 0.122. The number of β-lactam (4-membered cyclic amide) rings is 1. The van der Waals surface area contributed by atoms with Crippen molar-refractivity contribution in [3.05, 3.63) is 29.2 Å². The number of aromatic nitrogens is 7. The molecule has 2 aliphatic heterocycles. The van der Waals surface area contributed by atoms with E-state index in [9.17, 15) is 32.7 Å². The molecule has 2 aliphatic rings. The van der Waals surface area contributed by atoms with Crippen LogP contribution in [0.2, 0.25) is 0 Å². The molecule has 0 bridgehead atoms. The van der Waals surface area contributed by atoms with E-state index < -0.39 is 53.5 Å². The largest absolute Gasteiger partial charge is 0.477 e. The second-order valence-corrected chi connectivity index (χ2v) is 10.8. The van der Waals surface area contributed by atoms with Crippen molar-refractivity contribution in [2.24, 2.45) is 5.16 Å². The Kier molecular flexibility index (Phi) is 7.46. The highest BCUT2D eigenvalue weighted by atomic mass is 32.2. The Morgan fingerprint density at radius 3 is 2.85 bits per heavy atom. The smallest absolute Gasteiger partial charge is 0.425 e. The summed E-state index contributed by atoms with van der Waals surface area (Å²) in [7, 11) is 0. The lowest BCUT2D eigenvalue weighted by Crippen LogP contribution is -2.71. The summed E-state index contributed by atoms with van der Waals surface area (Å²) in [5.74, 6) is -3.19. The molecule has 0 aliphatic carbocycles. The highest BCUT2D eigenvalue weighted by Gasteiger charge is 2.54. The van der Waals surface area contributed by atoms with Crippen LogP contribution in [0.15, 0.2) is 33.6 Å². The van der Waals surface area contributed by atoms with Crippen LogP contribution in [0.4, 0.5) is 18.3 Å². The van der Waals surface area contributed by atoms with Gasteiger partial charge in [-0.15, -0.1) is 38.4 Å². The van der Waals surface area contributed by atoms with E-state index in [0.29, 0.717) is 27.8 Å². The van der Waals surface area contributed by atoms with E-state index in [0.717, 1.165) is 4.90 Å². The molecule has 1 saturated heterocycles. The molecule has 2 amide bonds. The highest BCUT2D eigenvalue weighted by Crippen LogP contribution is 2.41. The van der Waals surface area contributed by atoms with E-state index in [1.807, 2.05) is 0 Å². The summed E-state index contributed by atoms with van der Waals surface area (Å²) in [5, 5.41) is 30.2. The van der Waals surface area contributed by atoms with Crippen LogP contribution in [0.5, 0.6) is 0 Å². The van der Waals surface area contributed by atoms with Gasteiger partial charge in [-0.3, -0.25) is 14.5 Å². The van der Waals surface area contributed by atoms with Crippen LogP contribution in [0.1, 0.15) is 5.82 Å². The molecule has 3 aromatic rings. The first-order chi connectivity index (χ1) is 19.0. The normalized spacial score (nSPS) is 19.4. The summed E-state index contributed by atoms with van der Waals surface area (Å²) in [6.45, 7) is -1.79. The third-order valence-electron chi connectivity index (χ3n) is 5.23. The molecule has 4 N–H and O–H groups in total. The summed E-state index contributed by atoms with van der Waals surface area (Å²) in [6.07, 6.45) is -4.73. The second-order valence-electron chi connectivity index (χ2n) is 7.89. The molecule has 210 valence electrons. The third kappa shape index (κ3) is 5.62. The number of halogens is 3. The van der Waals surface area contributed by atoms with Crippen molar-refractivity contribution < 1.29 is 37.5 Å². The monoisotopic (exact) mass is 617 g/mol. The molecule has 5 rings (SSSR count). The SMILES string of the molecule is Nc1nc(C(=NOCC(F)(F)F)C(=O)NC2C(=O)N3C(C(=O)O)=C(CSc4ccc5nnnn5n4)CS[C@@H]23)ns1. The fraction of sp³-hybridized carbons (Fsp3) is 0.333. The van der Waals surface area contributed by atoms with Crippen molar-refractivity contribution in [2.45, 2.75) is 22.6 Å². The van der Waals surface area contributed by atoms with E-state index in [4.69, 9.17) is 5.73 Å². The maximum atomic E-state index is 13.0. The van der Waals surface area contributed by atoms with Crippen molar-refractivity contribution in [3.8, 4) is 0 Å². The number of tetrazole rings is 1. The maximum absolute atomic E-state index is 13.0. The van der Waals surface area contributed by atoms with Gasteiger partial charge in [0, 0.05) is 23.0 Å². The number of aliphatic carboxylic acids is 1. The van der Waals surface area contributed by atoms with Gasteiger partial charge in [-0.1, -0.05) is 5.16 Å². The summed E-state index contributed by atoms with van der Waals surface area (Å²) in [5.41, 5.74) is 5.41. The van der Waals surface area contributed by atoms with Crippen LogP contribution in [-0.2, 0) is 19.2 Å². The van der Waals surface area contributed by atoms with E-state index in [-0.39, 0.29) is 22.3 Å². The standard InChI is InChI=1S/C18H14F3N11O5S3/c19-18(20,21)5-37-27-9(12-24-17(22)40-28-12)13(33)23-10-14(34)31-11(16(35)36)6(4-39-15(10)31)3-38-8-2-1-7-25-29-30-32(7)26-8/h1-2,10,15H,3-5H2,(H,23,33)(H,35,36)(H2,22,24,28)/t10?,15-/m0/s1. The first-order valence-electron chi connectivity index (χ1n) is 10.8. The minimum absolute atomic E-state index is 0.0882. The van der Waals surface area contributed by atoms with Crippen molar-refractivity contribution in [1.29, 1.82) is 0 Å². The van der Waals surface area contributed by atoms with Gasteiger partial charge in [-0.2, -0.15) is 22.5 Å². The zero-order valence-electron chi connectivity index (χ0n) is 19.5. The molecule has 1 unspecified atom stereocenters. The lowest BCUT2D eigenvalue weighted by Gasteiger charge is -2.49. The molecule has 22 heteroatoms. The Morgan fingerprint density at radius 2 is 2.15 bits per heavy atom. The fourth-order valence-electron chi connectivity index (χ4n) is 3.56. The number of hydrogen-bond donors (Lipinski definition) is 3. The van der Waals surface area contributed by atoms with E-state index >= 15 is 0 Å². The minimum Gasteiger partial charge on any atom is -0.477 e. The summed E-state index contributed by atoms with van der Waals surface area (Å²) in [4.78, 5) is 47.0. The van der Waals surface area contributed by atoms with Crippen molar-refractivity contribution in [3.63, 3.8) is 0 Å². The number of hydrogen-bond acceptors (Lipinski definition) is 15. The van der Waals surface area contributed by atoms with Gasteiger partial charge in [0.2, 0.25) is 18.1 Å². The van der Waals surface area contributed by atoms with Gasteiger partial charge in [0.25, 0.3) is 11.8 Å². The Morgan fingerprint density at radius 1 is 1.35 bits per heavy atom. The zero-order chi connectivity index (χ0) is 28.6. The van der Waals surface area contributed by atoms with Crippen molar-refractivity contribution >= 4 is 69.3 Å². The molecule has 0 saturated carbocycles. The van der Waals surface area contributed by atoms with Crippen LogP contribution in [0.3, 0.4) is 0 Å². The first kappa shape index (κ1) is 27.5. The molecule has 3 aromatic heterocycles. The van der Waals surface area contributed by atoms with E-state index in [2.05, 4.69) is 45.3 Å². The number of fused-ring (bicyclic) bond motifs is 2. The highest BCUT2D eigenvalue weighted by molar-refractivity contribution is 8.01. The number of carbonyl (C=O) groups excluding carboxylic acids is 2. The molecule has 40 heavy (non-hydrogen) atoms. The number of thioether (sulfide) groups is 2. The van der Waals surface area contributed by atoms with Gasteiger partial charge < -0.3 is 21.0 Å². The van der Waals surface area contributed by atoms with Gasteiger partial charge >= 0.3 is 12.1 Å². The molecular formula is C18H14F3N11O5S3. The number of carboxylic acid groups (broad SMARTS) is 1. The van der Waals surface area contributed by atoms with Crippen molar-refractivity contribution in [1.82, 2.24) is 44.8 Å². The second kappa shape index (κ2) is 10.8. The van der Waals surface area contributed by atoms with Crippen LogP contribution < -0.4 is 11.1 Å². The Labute approximate surface area is 232 Å². The van der Waals surface area contributed by atoms with E-state index in [1.165, 1.54) is 28.2 Å². The molecule has 0 spiro atoms. The van der Waals surface area contributed by atoms with Crippen LogP contribution in [0.25, 0.3) is 5.65 Å². The van der Waals surface area contributed by atoms with Crippen molar-refractivity contribution in [2.75, 3.05) is 23.8 Å². The minimum atomic E-state index is -4.73. The Hall–Kier alpha value is -4.05. The number of nitrogen functional groups attached to an aromatic ring is 1. The first-order valence-corrected chi connectivity index (χ1v) is 13.6. The lowest BCUT2D eigenvalue weighted by molar-refractivity contribution is -0.174. The number of nitrogens with zero attached hydrogens (tertiary/aromatic N) is 9. The van der Waals surface area contributed by atoms with Gasteiger partial charge in [0.1, 0.15) is 22.1 Å². The van der Waals surface area contributed by atoms with Gasteiger partial charge in [0.05, 0.1) is 0 Å². The predicted octanol–water partition coefficient (Wildman–Crippen LogP) is -0.233. The molecule has 0 radical (unpaired) electrons. The van der Waals surface area contributed by atoms with Crippen LogP contribution in [0, 0.1) is 0 Å². The summed E-state index contributed by atoms with van der Waals surface area (Å²) >= 11 is 3.08. The summed E-state index contributed by atoms with van der Waals surface area (Å²) < 4.78 is 42.5. The molecule has 0 aromatic carbocycles. The number of nitrogens with one attached hydrogen (secondary N) is 1. The van der Waals surface area contributed by atoms with Gasteiger partial charge in [-0.05, 0) is 28.1 Å². The molecular weight excluding hydrogens is 603 g/mol. The topological polar surface area (TPSA) is 216 Å². The fourth-order valence-corrected chi connectivity index (χ4v) is 6.33. The number of anilines is 1. The number of carbonyl (C=O) groups is 3. The summed E-state index contributed by atoms with van der Waals surface area (Å²) in [6, 6.07) is 2.11. The van der Waals surface area contributed by atoms with Gasteiger partial charge in [-0.25, -0.2) is 4.79 Å². The zero-order valence-corrected chi connectivity index (χ0v) is 21.9. The van der Waals surface area contributed by atoms with Crippen LogP contribution >= 0.6 is 35.1 Å². The number of oxime groups is 1. The average molecular weight is 618 g/mol.